The molecule has 0 aliphatic carbocycles. The van der Waals surface area contributed by atoms with Gasteiger partial charge in [0.25, 0.3) is 10.0 Å². The minimum atomic E-state index is -3.74. The standard InChI is InChI=1S/C13H11BrFNO3S/c1-19-13-7-4-10(8-12(13)14)16-20(17,18)11-5-2-9(15)3-6-11/h2-8,16H,1H3. The maximum absolute atomic E-state index is 12.8. The molecule has 1 N–H and O–H groups in total. The second-order valence-electron chi connectivity index (χ2n) is 3.91. The van der Waals surface area contributed by atoms with Gasteiger partial charge in [0.15, 0.2) is 0 Å². The van der Waals surface area contributed by atoms with Crippen LogP contribution in [-0.4, -0.2) is 15.5 Å². The molecule has 0 heterocycles. The van der Waals surface area contributed by atoms with Crippen molar-refractivity contribution < 1.29 is 17.5 Å². The first-order valence-corrected chi connectivity index (χ1v) is 7.82. The lowest BCUT2D eigenvalue weighted by molar-refractivity contribution is 0.412. The van der Waals surface area contributed by atoms with Gasteiger partial charge in [0.2, 0.25) is 0 Å². The molecule has 0 amide bonds. The SMILES string of the molecule is COc1ccc(NS(=O)(=O)c2ccc(F)cc2)cc1Br. The summed E-state index contributed by atoms with van der Waals surface area (Å²) < 4.78 is 45.1. The van der Waals surface area contributed by atoms with Crippen LogP contribution in [0.1, 0.15) is 0 Å². The zero-order valence-corrected chi connectivity index (χ0v) is 12.8. The smallest absolute Gasteiger partial charge is 0.261 e. The molecule has 0 unspecified atom stereocenters. The Morgan fingerprint density at radius 3 is 2.35 bits per heavy atom. The molecule has 0 bridgehead atoms. The van der Waals surface area contributed by atoms with Gasteiger partial charge in [-0.2, -0.15) is 0 Å². The van der Waals surface area contributed by atoms with E-state index in [0.717, 1.165) is 12.1 Å². The van der Waals surface area contributed by atoms with Crippen LogP contribution >= 0.6 is 15.9 Å². The number of ether oxygens (including phenoxy) is 1. The summed E-state index contributed by atoms with van der Waals surface area (Å²) in [6, 6.07) is 9.39. The molecule has 0 aliphatic heterocycles. The normalized spacial score (nSPS) is 11.2. The third-order valence-electron chi connectivity index (χ3n) is 2.53. The number of sulfonamides is 1. The number of hydrogen-bond acceptors (Lipinski definition) is 3. The van der Waals surface area contributed by atoms with E-state index in [0.29, 0.717) is 15.9 Å². The van der Waals surface area contributed by atoms with E-state index < -0.39 is 15.8 Å². The lowest BCUT2D eigenvalue weighted by Crippen LogP contribution is -2.12. The van der Waals surface area contributed by atoms with Gasteiger partial charge in [-0.25, -0.2) is 12.8 Å². The van der Waals surface area contributed by atoms with E-state index in [1.54, 1.807) is 18.2 Å². The highest BCUT2D eigenvalue weighted by atomic mass is 79.9. The molecule has 2 aromatic carbocycles. The largest absolute Gasteiger partial charge is 0.496 e. The van der Waals surface area contributed by atoms with Crippen molar-refractivity contribution in [1.29, 1.82) is 0 Å². The summed E-state index contributed by atoms with van der Waals surface area (Å²) in [4.78, 5) is -0.00848. The second kappa shape index (κ2) is 5.80. The van der Waals surface area contributed by atoms with Crippen molar-refractivity contribution in [3.05, 3.63) is 52.8 Å². The Bertz CT molecular complexity index is 717. The molecule has 2 aromatic rings. The van der Waals surface area contributed by atoms with E-state index in [9.17, 15) is 12.8 Å². The fourth-order valence-electron chi connectivity index (χ4n) is 1.56. The van der Waals surface area contributed by atoms with E-state index in [1.807, 2.05) is 0 Å². The van der Waals surface area contributed by atoms with Crippen LogP contribution in [-0.2, 0) is 10.0 Å². The summed E-state index contributed by atoms with van der Waals surface area (Å²) in [5.41, 5.74) is 0.377. The number of rotatable bonds is 4. The molecule has 0 spiro atoms. The Kier molecular flexibility index (Phi) is 4.29. The van der Waals surface area contributed by atoms with Crippen LogP contribution < -0.4 is 9.46 Å². The highest BCUT2D eigenvalue weighted by Gasteiger charge is 2.14. The van der Waals surface area contributed by atoms with Crippen LogP contribution in [0.25, 0.3) is 0 Å². The number of anilines is 1. The first kappa shape index (κ1) is 14.8. The zero-order chi connectivity index (χ0) is 14.8. The Labute approximate surface area is 124 Å². The van der Waals surface area contributed by atoms with Crippen LogP contribution in [0, 0.1) is 5.82 Å². The van der Waals surface area contributed by atoms with Crippen molar-refractivity contribution in [2.75, 3.05) is 11.8 Å². The van der Waals surface area contributed by atoms with Gasteiger partial charge in [0.1, 0.15) is 11.6 Å². The maximum Gasteiger partial charge on any atom is 0.261 e. The molecule has 106 valence electrons. The number of hydrogen-bond donors (Lipinski definition) is 1. The van der Waals surface area contributed by atoms with Crippen LogP contribution in [0.4, 0.5) is 10.1 Å². The summed E-state index contributed by atoms with van der Waals surface area (Å²) in [6.45, 7) is 0. The molecule has 0 saturated carbocycles. The Morgan fingerprint density at radius 2 is 1.80 bits per heavy atom. The molecule has 4 nitrogen and oxygen atoms in total. The van der Waals surface area contributed by atoms with Crippen molar-refractivity contribution in [2.45, 2.75) is 4.90 Å². The Balaban J connectivity index is 2.28. The molecular weight excluding hydrogens is 349 g/mol. The van der Waals surface area contributed by atoms with Crippen LogP contribution in [0.5, 0.6) is 5.75 Å². The summed E-state index contributed by atoms with van der Waals surface area (Å²) >= 11 is 3.27. The van der Waals surface area contributed by atoms with Crippen LogP contribution in [0.3, 0.4) is 0 Å². The second-order valence-corrected chi connectivity index (χ2v) is 6.45. The molecule has 2 rings (SSSR count). The van der Waals surface area contributed by atoms with Gasteiger partial charge in [-0.05, 0) is 58.4 Å². The van der Waals surface area contributed by atoms with Crippen molar-refractivity contribution in [3.8, 4) is 5.75 Å². The molecule has 0 fully saturated rings. The van der Waals surface area contributed by atoms with Crippen molar-refractivity contribution >= 4 is 31.6 Å². The molecule has 0 saturated heterocycles. The van der Waals surface area contributed by atoms with Gasteiger partial charge >= 0.3 is 0 Å². The lowest BCUT2D eigenvalue weighted by atomic mass is 10.3. The summed E-state index contributed by atoms with van der Waals surface area (Å²) in [5, 5.41) is 0. The van der Waals surface area contributed by atoms with Gasteiger partial charge in [0, 0.05) is 0 Å². The molecule has 20 heavy (non-hydrogen) atoms. The Hall–Kier alpha value is -1.60. The van der Waals surface area contributed by atoms with E-state index in [2.05, 4.69) is 20.7 Å². The van der Waals surface area contributed by atoms with Crippen LogP contribution in [0.15, 0.2) is 51.8 Å². The summed E-state index contributed by atoms with van der Waals surface area (Å²) in [6.07, 6.45) is 0. The molecule has 0 aliphatic rings. The third-order valence-corrected chi connectivity index (χ3v) is 4.54. The van der Waals surface area contributed by atoms with Gasteiger partial charge < -0.3 is 4.74 Å². The van der Waals surface area contributed by atoms with Crippen molar-refractivity contribution in [3.63, 3.8) is 0 Å². The molecule has 0 atom stereocenters. The van der Waals surface area contributed by atoms with Crippen molar-refractivity contribution in [2.24, 2.45) is 0 Å². The summed E-state index contributed by atoms with van der Waals surface area (Å²) in [7, 11) is -2.23. The van der Waals surface area contributed by atoms with E-state index >= 15 is 0 Å². The topological polar surface area (TPSA) is 55.4 Å². The fourth-order valence-corrected chi connectivity index (χ4v) is 3.15. The third kappa shape index (κ3) is 3.29. The minimum absolute atomic E-state index is 0.00848. The first-order valence-electron chi connectivity index (χ1n) is 5.54. The molecular formula is C13H11BrFNO3S. The van der Waals surface area contributed by atoms with Gasteiger partial charge in [-0.3, -0.25) is 4.72 Å². The zero-order valence-electron chi connectivity index (χ0n) is 10.4. The van der Waals surface area contributed by atoms with E-state index in [-0.39, 0.29) is 4.90 Å². The number of nitrogens with one attached hydrogen (secondary N) is 1. The first-order chi connectivity index (χ1) is 9.42. The quantitative estimate of drug-likeness (QED) is 0.909. The fraction of sp³-hybridized carbons (Fsp3) is 0.0769. The molecule has 7 heteroatoms. The Morgan fingerprint density at radius 1 is 1.15 bits per heavy atom. The number of methoxy groups -OCH3 is 1. The minimum Gasteiger partial charge on any atom is -0.496 e. The average molecular weight is 360 g/mol. The maximum atomic E-state index is 12.8. The number of benzene rings is 2. The van der Waals surface area contributed by atoms with Gasteiger partial charge in [-0.15, -0.1) is 0 Å². The van der Waals surface area contributed by atoms with E-state index in [4.69, 9.17) is 4.74 Å². The predicted molar refractivity (Wildman–Crippen MR) is 77.9 cm³/mol. The molecule has 0 aromatic heterocycles. The molecule has 0 radical (unpaired) electrons. The van der Waals surface area contributed by atoms with Crippen LogP contribution in [0.2, 0.25) is 0 Å². The van der Waals surface area contributed by atoms with Crippen molar-refractivity contribution in [1.82, 2.24) is 0 Å². The van der Waals surface area contributed by atoms with E-state index in [1.165, 1.54) is 19.2 Å². The number of halogens is 2. The highest BCUT2D eigenvalue weighted by Crippen LogP contribution is 2.28. The summed E-state index contributed by atoms with van der Waals surface area (Å²) in [5.74, 6) is 0.103. The average Bonchev–Trinajstić information content (AvgIpc) is 2.39. The monoisotopic (exact) mass is 359 g/mol. The van der Waals surface area contributed by atoms with Gasteiger partial charge in [0.05, 0.1) is 22.2 Å². The predicted octanol–water partition coefficient (Wildman–Crippen LogP) is 3.40. The van der Waals surface area contributed by atoms with Gasteiger partial charge in [-0.1, -0.05) is 0 Å². The lowest BCUT2D eigenvalue weighted by Gasteiger charge is -2.10. The highest BCUT2D eigenvalue weighted by molar-refractivity contribution is 9.10.